The third-order valence-electron chi connectivity index (χ3n) is 3.84. The van der Waals surface area contributed by atoms with Crippen molar-refractivity contribution in [3.8, 4) is 0 Å². The van der Waals surface area contributed by atoms with Crippen molar-refractivity contribution < 1.29 is 14.2 Å². The Hall–Kier alpha value is -1.12. The lowest BCUT2D eigenvalue weighted by atomic mass is 9.80. The van der Waals surface area contributed by atoms with Gasteiger partial charge >= 0.3 is 0 Å². The predicted molar refractivity (Wildman–Crippen MR) is 61.7 cm³/mol. The van der Waals surface area contributed by atoms with Crippen LogP contribution < -0.4 is 0 Å². The van der Waals surface area contributed by atoms with E-state index >= 15 is 0 Å². The zero-order valence-corrected chi connectivity index (χ0v) is 10.3. The van der Waals surface area contributed by atoms with Gasteiger partial charge in [0.15, 0.2) is 0 Å². The third kappa shape index (κ3) is 1.68. The second kappa shape index (κ2) is 4.40. The first-order valence-electron chi connectivity index (χ1n) is 5.78. The second-order valence-electron chi connectivity index (χ2n) is 4.62. The normalized spacial score (nSPS) is 25.6. The van der Waals surface area contributed by atoms with Crippen LogP contribution in [0.3, 0.4) is 0 Å². The number of rotatable bonds is 3. The highest BCUT2D eigenvalue weighted by atomic mass is 16.5. The number of hydrogen-bond donors (Lipinski definition) is 0. The second-order valence-corrected chi connectivity index (χ2v) is 4.62. The summed E-state index contributed by atoms with van der Waals surface area (Å²) in [7, 11) is 5.17. The van der Waals surface area contributed by atoms with Gasteiger partial charge in [0.2, 0.25) is 0 Å². The fraction of sp³-hybridized carbons (Fsp3) is 0.692. The molecule has 0 amide bonds. The monoisotopic (exact) mass is 224 g/mol. The molecule has 0 aliphatic heterocycles. The molecule has 3 heteroatoms. The van der Waals surface area contributed by atoms with Crippen molar-refractivity contribution in [3.63, 3.8) is 0 Å². The van der Waals surface area contributed by atoms with E-state index in [2.05, 4.69) is 0 Å². The fourth-order valence-electron chi connectivity index (χ4n) is 3.02. The van der Waals surface area contributed by atoms with Crippen LogP contribution in [0.25, 0.3) is 0 Å². The van der Waals surface area contributed by atoms with Gasteiger partial charge in [-0.3, -0.25) is 0 Å². The van der Waals surface area contributed by atoms with Crippen LogP contribution in [0.15, 0.2) is 23.4 Å². The van der Waals surface area contributed by atoms with Crippen molar-refractivity contribution in [2.75, 3.05) is 21.3 Å². The molecule has 2 aliphatic carbocycles. The maximum Gasteiger partial charge on any atom is 0.134 e. The molecular formula is C13H20O3. The number of methoxy groups -OCH3 is 3. The van der Waals surface area contributed by atoms with Crippen LogP contribution in [0.2, 0.25) is 0 Å². The van der Waals surface area contributed by atoms with Gasteiger partial charge in [-0.15, -0.1) is 0 Å². The Morgan fingerprint density at radius 2 is 1.69 bits per heavy atom. The molecule has 0 saturated heterocycles. The first-order chi connectivity index (χ1) is 7.75. The van der Waals surface area contributed by atoms with Crippen LogP contribution in [0, 0.1) is 5.41 Å². The summed E-state index contributed by atoms with van der Waals surface area (Å²) in [6.07, 6.45) is 7.43. The van der Waals surface area contributed by atoms with Gasteiger partial charge in [-0.05, 0) is 24.8 Å². The summed E-state index contributed by atoms with van der Waals surface area (Å²) in [6.45, 7) is 0. The number of hydrogen-bond acceptors (Lipinski definition) is 3. The van der Waals surface area contributed by atoms with Gasteiger partial charge in [0.1, 0.15) is 11.5 Å². The van der Waals surface area contributed by atoms with Gasteiger partial charge in [0.25, 0.3) is 0 Å². The molecule has 0 aromatic carbocycles. The molecule has 0 aromatic heterocycles. The van der Waals surface area contributed by atoms with Gasteiger partial charge in [0, 0.05) is 18.3 Å². The lowest BCUT2D eigenvalue weighted by Gasteiger charge is -2.24. The Bertz CT molecular complexity index is 312. The summed E-state index contributed by atoms with van der Waals surface area (Å²) < 4.78 is 16.0. The first kappa shape index (κ1) is 11.4. The van der Waals surface area contributed by atoms with E-state index in [0.717, 1.165) is 30.8 Å². The Morgan fingerprint density at radius 1 is 1.06 bits per heavy atom. The minimum Gasteiger partial charge on any atom is -0.504 e. The van der Waals surface area contributed by atoms with Gasteiger partial charge in [-0.1, -0.05) is 0 Å². The summed E-state index contributed by atoms with van der Waals surface area (Å²) in [6, 6.07) is 0. The maximum absolute atomic E-state index is 5.41. The summed E-state index contributed by atoms with van der Waals surface area (Å²) in [4.78, 5) is 0. The quantitative estimate of drug-likeness (QED) is 0.690. The van der Waals surface area contributed by atoms with Gasteiger partial charge < -0.3 is 14.2 Å². The van der Waals surface area contributed by atoms with Crippen LogP contribution in [0.1, 0.15) is 32.1 Å². The first-order valence-corrected chi connectivity index (χ1v) is 5.78. The maximum atomic E-state index is 5.41. The highest BCUT2D eigenvalue weighted by Gasteiger charge is 2.46. The fourth-order valence-corrected chi connectivity index (χ4v) is 3.02. The topological polar surface area (TPSA) is 27.7 Å². The lowest BCUT2D eigenvalue weighted by Crippen LogP contribution is -2.15. The molecular weight excluding hydrogens is 204 g/mol. The summed E-state index contributed by atoms with van der Waals surface area (Å²) >= 11 is 0. The summed E-state index contributed by atoms with van der Waals surface area (Å²) in [5, 5.41) is 0. The van der Waals surface area contributed by atoms with E-state index in [1.165, 1.54) is 18.4 Å². The standard InChI is InChI=1S/C13H20O3/c1-14-9-10-5-4-6-13(10)7-11(15-2)12(8-13)16-3/h9H,4-8H2,1-3H3/b10-9+. The van der Waals surface area contributed by atoms with Crippen LogP contribution in [0.4, 0.5) is 0 Å². The Labute approximate surface area is 97.1 Å². The molecule has 0 atom stereocenters. The molecule has 0 heterocycles. The van der Waals surface area contributed by atoms with Crippen molar-refractivity contribution in [2.24, 2.45) is 5.41 Å². The molecule has 2 rings (SSSR count). The van der Waals surface area contributed by atoms with E-state index in [1.807, 2.05) is 6.26 Å². The Balaban J connectivity index is 2.22. The largest absolute Gasteiger partial charge is 0.504 e. The van der Waals surface area contributed by atoms with E-state index in [4.69, 9.17) is 14.2 Å². The SMILES string of the molecule is CO/C=C1\CCCC12CC(OC)=C(OC)C2. The molecule has 0 unspecified atom stereocenters. The van der Waals surface area contributed by atoms with E-state index in [0.29, 0.717) is 0 Å². The molecule has 0 radical (unpaired) electrons. The predicted octanol–water partition coefficient (Wildman–Crippen LogP) is 2.99. The van der Waals surface area contributed by atoms with Crippen molar-refractivity contribution >= 4 is 0 Å². The van der Waals surface area contributed by atoms with E-state index < -0.39 is 0 Å². The van der Waals surface area contributed by atoms with Gasteiger partial charge in [0.05, 0.1) is 27.6 Å². The minimum atomic E-state index is 0.215. The van der Waals surface area contributed by atoms with Crippen LogP contribution in [-0.4, -0.2) is 21.3 Å². The highest BCUT2D eigenvalue weighted by Crippen LogP contribution is 2.55. The highest BCUT2D eigenvalue weighted by molar-refractivity contribution is 5.29. The van der Waals surface area contributed by atoms with Crippen LogP contribution in [0.5, 0.6) is 0 Å². The number of ether oxygens (including phenoxy) is 3. The molecule has 90 valence electrons. The zero-order valence-electron chi connectivity index (χ0n) is 10.3. The van der Waals surface area contributed by atoms with E-state index in [9.17, 15) is 0 Å². The Kier molecular flexibility index (Phi) is 3.13. The Morgan fingerprint density at radius 3 is 2.19 bits per heavy atom. The van der Waals surface area contributed by atoms with Crippen molar-refractivity contribution in [1.82, 2.24) is 0 Å². The minimum absolute atomic E-state index is 0.215. The van der Waals surface area contributed by atoms with Crippen molar-refractivity contribution in [2.45, 2.75) is 32.1 Å². The lowest BCUT2D eigenvalue weighted by molar-refractivity contribution is 0.224. The molecule has 1 fully saturated rings. The molecule has 0 N–H and O–H groups in total. The van der Waals surface area contributed by atoms with E-state index in [1.54, 1.807) is 21.3 Å². The molecule has 16 heavy (non-hydrogen) atoms. The van der Waals surface area contributed by atoms with Crippen LogP contribution >= 0.6 is 0 Å². The summed E-state index contributed by atoms with van der Waals surface area (Å²) in [5.74, 6) is 2.01. The number of allylic oxidation sites excluding steroid dienone is 3. The molecule has 2 aliphatic rings. The molecule has 1 saturated carbocycles. The van der Waals surface area contributed by atoms with E-state index in [-0.39, 0.29) is 5.41 Å². The summed E-state index contributed by atoms with van der Waals surface area (Å²) in [5.41, 5.74) is 1.63. The molecule has 0 bridgehead atoms. The van der Waals surface area contributed by atoms with Crippen molar-refractivity contribution in [1.29, 1.82) is 0 Å². The van der Waals surface area contributed by atoms with Gasteiger partial charge in [-0.25, -0.2) is 0 Å². The molecule has 0 aromatic rings. The zero-order chi connectivity index (χ0) is 11.6. The average Bonchev–Trinajstić information content (AvgIpc) is 2.85. The van der Waals surface area contributed by atoms with Gasteiger partial charge in [-0.2, -0.15) is 0 Å². The average molecular weight is 224 g/mol. The van der Waals surface area contributed by atoms with Crippen LogP contribution in [-0.2, 0) is 14.2 Å². The van der Waals surface area contributed by atoms with Crippen molar-refractivity contribution in [3.05, 3.63) is 23.4 Å². The molecule has 1 spiro atoms. The third-order valence-corrected chi connectivity index (χ3v) is 3.84. The smallest absolute Gasteiger partial charge is 0.134 e. The molecule has 3 nitrogen and oxygen atoms in total.